The van der Waals surface area contributed by atoms with Gasteiger partial charge in [0.25, 0.3) is 0 Å². The average molecular weight is 289 g/mol. The van der Waals surface area contributed by atoms with Gasteiger partial charge in [-0.25, -0.2) is 4.98 Å². The maximum Gasteiger partial charge on any atom is 0.222 e. The number of carbonyl (C=O) groups excluding carboxylic acids is 1. The van der Waals surface area contributed by atoms with Crippen LogP contribution in [0.4, 0.5) is 0 Å². The number of likely N-dealkylation sites (tertiary alicyclic amines) is 1. The largest absolute Gasteiger partial charge is 0.341 e. The number of carbonyl (C=O) groups is 1. The van der Waals surface area contributed by atoms with E-state index in [0.717, 1.165) is 32.4 Å². The Morgan fingerprint density at radius 2 is 2.45 bits per heavy atom. The van der Waals surface area contributed by atoms with Crippen molar-refractivity contribution in [1.82, 2.24) is 14.5 Å². The lowest BCUT2D eigenvalue weighted by Crippen LogP contribution is -2.40. The highest BCUT2D eigenvalue weighted by atomic mass is 32.1. The Kier molecular flexibility index (Phi) is 4.16. The third-order valence-electron chi connectivity index (χ3n) is 3.90. The first-order chi connectivity index (χ1) is 9.83. The number of hydrogen-bond donors (Lipinski definition) is 0. The van der Waals surface area contributed by atoms with Gasteiger partial charge in [0.2, 0.25) is 5.91 Å². The summed E-state index contributed by atoms with van der Waals surface area (Å²) in [5, 5.41) is 4.19. The van der Waals surface area contributed by atoms with Crippen LogP contribution < -0.4 is 0 Å². The molecule has 0 unspecified atom stereocenters. The molecule has 20 heavy (non-hydrogen) atoms. The van der Waals surface area contributed by atoms with Crippen LogP contribution in [0.15, 0.2) is 35.5 Å². The van der Waals surface area contributed by atoms with E-state index in [-0.39, 0.29) is 5.91 Å². The molecule has 106 valence electrons. The topological polar surface area (TPSA) is 38.1 Å². The summed E-state index contributed by atoms with van der Waals surface area (Å²) in [4.78, 5) is 18.4. The van der Waals surface area contributed by atoms with E-state index in [1.165, 1.54) is 5.56 Å². The van der Waals surface area contributed by atoms with Crippen LogP contribution in [0.5, 0.6) is 0 Å². The van der Waals surface area contributed by atoms with E-state index in [0.29, 0.717) is 12.5 Å². The molecule has 1 aliphatic rings. The highest BCUT2D eigenvalue weighted by molar-refractivity contribution is 7.07. The molecule has 0 spiro atoms. The van der Waals surface area contributed by atoms with Gasteiger partial charge in [0, 0.05) is 31.9 Å². The summed E-state index contributed by atoms with van der Waals surface area (Å²) in [6.45, 7) is 1.71. The summed E-state index contributed by atoms with van der Waals surface area (Å²) < 4.78 is 2.12. The number of nitrogens with zero attached hydrogens (tertiary/aromatic N) is 3. The Morgan fingerprint density at radius 1 is 1.50 bits per heavy atom. The predicted octanol–water partition coefficient (Wildman–Crippen LogP) is 2.74. The molecule has 0 aromatic carbocycles. The molecule has 0 bridgehead atoms. The fourth-order valence-corrected chi connectivity index (χ4v) is 3.46. The van der Waals surface area contributed by atoms with Crippen LogP contribution in [0.25, 0.3) is 0 Å². The van der Waals surface area contributed by atoms with Gasteiger partial charge in [-0.3, -0.25) is 4.79 Å². The SMILES string of the molecule is O=C(CCc1ccsc1)N1CCC[C@H](n2ccnc2)C1. The molecule has 1 aliphatic heterocycles. The van der Waals surface area contributed by atoms with E-state index in [4.69, 9.17) is 0 Å². The van der Waals surface area contributed by atoms with Crippen LogP contribution in [0.3, 0.4) is 0 Å². The monoisotopic (exact) mass is 289 g/mol. The molecule has 4 nitrogen and oxygen atoms in total. The van der Waals surface area contributed by atoms with Crippen molar-refractivity contribution in [3.8, 4) is 0 Å². The van der Waals surface area contributed by atoms with Gasteiger partial charge >= 0.3 is 0 Å². The minimum Gasteiger partial charge on any atom is -0.341 e. The Labute approximate surface area is 123 Å². The summed E-state index contributed by atoms with van der Waals surface area (Å²) in [5.41, 5.74) is 1.27. The fourth-order valence-electron chi connectivity index (χ4n) is 2.75. The molecule has 0 saturated carbocycles. The van der Waals surface area contributed by atoms with Crippen molar-refractivity contribution in [2.45, 2.75) is 31.7 Å². The number of aromatic nitrogens is 2. The highest BCUT2D eigenvalue weighted by Crippen LogP contribution is 2.22. The highest BCUT2D eigenvalue weighted by Gasteiger charge is 2.24. The van der Waals surface area contributed by atoms with Gasteiger partial charge in [-0.2, -0.15) is 11.3 Å². The molecule has 1 amide bonds. The van der Waals surface area contributed by atoms with Crippen LogP contribution in [0.1, 0.15) is 30.9 Å². The van der Waals surface area contributed by atoms with Crippen LogP contribution in [-0.2, 0) is 11.2 Å². The first-order valence-corrected chi connectivity index (χ1v) is 8.03. The van der Waals surface area contributed by atoms with Gasteiger partial charge in [0.15, 0.2) is 0 Å². The van der Waals surface area contributed by atoms with Crippen molar-refractivity contribution in [2.75, 3.05) is 13.1 Å². The molecular weight excluding hydrogens is 270 g/mol. The van der Waals surface area contributed by atoms with Crippen LogP contribution in [0, 0.1) is 0 Å². The Morgan fingerprint density at radius 3 is 3.20 bits per heavy atom. The molecule has 1 fully saturated rings. The summed E-state index contributed by atoms with van der Waals surface area (Å²) >= 11 is 1.69. The minimum absolute atomic E-state index is 0.279. The molecule has 2 aromatic rings. The Balaban J connectivity index is 1.55. The molecular formula is C15H19N3OS. The second-order valence-corrected chi connectivity index (χ2v) is 6.06. The zero-order valence-electron chi connectivity index (χ0n) is 11.4. The normalized spacial score (nSPS) is 19.2. The quantitative estimate of drug-likeness (QED) is 0.868. The van der Waals surface area contributed by atoms with E-state index in [9.17, 15) is 4.79 Å². The Hall–Kier alpha value is -1.62. The first-order valence-electron chi connectivity index (χ1n) is 7.09. The Bertz CT molecular complexity index is 535. The molecule has 3 rings (SSSR count). The molecule has 0 N–H and O–H groups in total. The number of aryl methyl sites for hydroxylation is 1. The summed E-state index contributed by atoms with van der Waals surface area (Å²) in [5.74, 6) is 0.279. The van der Waals surface area contributed by atoms with E-state index < -0.39 is 0 Å². The van der Waals surface area contributed by atoms with Crippen molar-refractivity contribution in [2.24, 2.45) is 0 Å². The second kappa shape index (κ2) is 6.22. The van der Waals surface area contributed by atoms with Crippen molar-refractivity contribution in [3.63, 3.8) is 0 Å². The lowest BCUT2D eigenvalue weighted by molar-refractivity contribution is -0.132. The third kappa shape index (κ3) is 3.10. The minimum atomic E-state index is 0.279. The van der Waals surface area contributed by atoms with Crippen molar-refractivity contribution < 1.29 is 4.79 Å². The smallest absolute Gasteiger partial charge is 0.222 e. The molecule has 0 aliphatic carbocycles. The van der Waals surface area contributed by atoms with Gasteiger partial charge in [-0.1, -0.05) is 0 Å². The molecule has 1 atom stereocenters. The summed E-state index contributed by atoms with van der Waals surface area (Å²) in [7, 11) is 0. The van der Waals surface area contributed by atoms with E-state index in [1.807, 2.05) is 17.4 Å². The van der Waals surface area contributed by atoms with Gasteiger partial charge in [0.1, 0.15) is 0 Å². The van der Waals surface area contributed by atoms with Crippen molar-refractivity contribution >= 4 is 17.2 Å². The second-order valence-electron chi connectivity index (χ2n) is 5.28. The molecule has 2 aromatic heterocycles. The number of amides is 1. The standard InChI is InChI=1S/C15H19N3OS/c19-15(4-3-13-5-9-20-11-13)17-7-1-2-14(10-17)18-8-6-16-12-18/h5-6,8-9,11-12,14H,1-4,7,10H2/t14-/m0/s1. The van der Waals surface area contributed by atoms with Gasteiger partial charge in [-0.05, 0) is 41.7 Å². The first kappa shape index (κ1) is 13.4. The number of thiophene rings is 1. The average Bonchev–Trinajstić information content (AvgIpc) is 3.18. The molecule has 5 heteroatoms. The van der Waals surface area contributed by atoms with Crippen LogP contribution >= 0.6 is 11.3 Å². The van der Waals surface area contributed by atoms with Gasteiger partial charge < -0.3 is 9.47 Å². The number of hydrogen-bond acceptors (Lipinski definition) is 3. The third-order valence-corrected chi connectivity index (χ3v) is 4.64. The number of imidazole rings is 1. The maximum atomic E-state index is 12.3. The summed E-state index contributed by atoms with van der Waals surface area (Å²) in [6, 6.07) is 2.49. The van der Waals surface area contributed by atoms with Crippen molar-refractivity contribution in [1.29, 1.82) is 0 Å². The zero-order valence-corrected chi connectivity index (χ0v) is 12.3. The predicted molar refractivity (Wildman–Crippen MR) is 79.7 cm³/mol. The van der Waals surface area contributed by atoms with E-state index >= 15 is 0 Å². The van der Waals surface area contributed by atoms with Crippen LogP contribution in [-0.4, -0.2) is 33.4 Å². The molecule has 3 heterocycles. The number of piperidine rings is 1. The maximum absolute atomic E-state index is 12.3. The lowest BCUT2D eigenvalue weighted by Gasteiger charge is -2.33. The van der Waals surface area contributed by atoms with Gasteiger partial charge in [-0.15, -0.1) is 0 Å². The number of rotatable bonds is 4. The van der Waals surface area contributed by atoms with Crippen LogP contribution in [0.2, 0.25) is 0 Å². The van der Waals surface area contributed by atoms with Crippen molar-refractivity contribution in [3.05, 3.63) is 41.1 Å². The van der Waals surface area contributed by atoms with E-state index in [2.05, 4.69) is 26.4 Å². The molecule has 0 radical (unpaired) electrons. The lowest BCUT2D eigenvalue weighted by atomic mass is 10.0. The van der Waals surface area contributed by atoms with Gasteiger partial charge in [0.05, 0.1) is 12.4 Å². The zero-order chi connectivity index (χ0) is 13.8. The molecule has 1 saturated heterocycles. The summed E-state index contributed by atoms with van der Waals surface area (Å²) in [6.07, 6.45) is 9.32. The fraction of sp³-hybridized carbons (Fsp3) is 0.467. The van der Waals surface area contributed by atoms with E-state index in [1.54, 1.807) is 17.5 Å².